The Kier molecular flexibility index (Phi) is 5.35. The lowest BCUT2D eigenvalue weighted by atomic mass is 10.2. The monoisotopic (exact) mass is 362 g/mol. The highest BCUT2D eigenvalue weighted by atomic mass is 32.1. The fourth-order valence-corrected chi connectivity index (χ4v) is 3.52. The van der Waals surface area contributed by atoms with Gasteiger partial charge in [-0.2, -0.15) is 4.99 Å². The molecular formula is C18H16F2N2O2S. The first kappa shape index (κ1) is 17.4. The fourth-order valence-electron chi connectivity index (χ4n) is 2.45. The number of hydrogen-bond acceptors (Lipinski definition) is 3. The summed E-state index contributed by atoms with van der Waals surface area (Å²) >= 11 is 1.21. The molecule has 0 bridgehead atoms. The number of nitrogens with zero attached hydrogens (tertiary/aromatic N) is 2. The summed E-state index contributed by atoms with van der Waals surface area (Å²) in [5, 5.41) is 0. The number of amides is 1. The van der Waals surface area contributed by atoms with Gasteiger partial charge in [-0.25, -0.2) is 8.78 Å². The molecule has 0 aliphatic carbocycles. The molecule has 2 aromatic carbocycles. The number of hydrogen-bond donors (Lipinski definition) is 0. The van der Waals surface area contributed by atoms with Crippen LogP contribution >= 0.6 is 11.3 Å². The molecule has 0 unspecified atom stereocenters. The zero-order chi connectivity index (χ0) is 17.8. The van der Waals surface area contributed by atoms with E-state index in [4.69, 9.17) is 4.74 Å². The Morgan fingerprint density at radius 1 is 1.24 bits per heavy atom. The second-order valence-electron chi connectivity index (χ2n) is 5.25. The molecule has 0 N–H and O–H groups in total. The van der Waals surface area contributed by atoms with Crippen LogP contribution in [0.15, 0.2) is 47.5 Å². The van der Waals surface area contributed by atoms with Crippen molar-refractivity contribution in [1.29, 1.82) is 0 Å². The van der Waals surface area contributed by atoms with Crippen molar-refractivity contribution in [2.75, 3.05) is 13.2 Å². The minimum absolute atomic E-state index is 0.147. The predicted octanol–water partition coefficient (Wildman–Crippen LogP) is 3.76. The van der Waals surface area contributed by atoms with E-state index in [0.717, 1.165) is 6.07 Å². The Bertz CT molecular complexity index is 979. The van der Waals surface area contributed by atoms with Crippen molar-refractivity contribution in [1.82, 2.24) is 4.57 Å². The summed E-state index contributed by atoms with van der Waals surface area (Å²) in [6.07, 6.45) is 0. The Balaban J connectivity index is 2.09. The van der Waals surface area contributed by atoms with Crippen LogP contribution < -0.4 is 4.80 Å². The highest BCUT2D eigenvalue weighted by Gasteiger charge is 2.12. The number of benzene rings is 2. The first-order valence-electron chi connectivity index (χ1n) is 7.80. The van der Waals surface area contributed by atoms with Crippen molar-refractivity contribution < 1.29 is 18.3 Å². The SMILES string of the molecule is CCOCCn1c(=NC(=O)c2cccc(F)c2)sc2cccc(F)c21. The number of carbonyl (C=O) groups excluding carboxylic acids is 1. The largest absolute Gasteiger partial charge is 0.380 e. The molecule has 1 amide bonds. The van der Waals surface area contributed by atoms with E-state index >= 15 is 0 Å². The number of thiazole rings is 1. The van der Waals surface area contributed by atoms with Gasteiger partial charge >= 0.3 is 0 Å². The van der Waals surface area contributed by atoms with Crippen LogP contribution in [0.3, 0.4) is 0 Å². The normalized spacial score (nSPS) is 12.0. The van der Waals surface area contributed by atoms with Crippen LogP contribution in [0, 0.1) is 11.6 Å². The standard InChI is InChI=1S/C18H16F2N2O2S/c1-2-24-10-9-22-16-14(20)7-4-8-15(16)25-18(22)21-17(23)12-5-3-6-13(19)11-12/h3-8,11H,2,9-10H2,1H3. The second-order valence-corrected chi connectivity index (χ2v) is 6.26. The van der Waals surface area contributed by atoms with E-state index in [-0.39, 0.29) is 11.4 Å². The number of fused-ring (bicyclic) bond motifs is 1. The molecule has 7 heteroatoms. The maximum absolute atomic E-state index is 14.3. The summed E-state index contributed by atoms with van der Waals surface area (Å²) in [7, 11) is 0. The van der Waals surface area contributed by atoms with Gasteiger partial charge in [-0.15, -0.1) is 0 Å². The van der Waals surface area contributed by atoms with Gasteiger partial charge < -0.3 is 9.30 Å². The van der Waals surface area contributed by atoms with Crippen LogP contribution in [0.4, 0.5) is 8.78 Å². The van der Waals surface area contributed by atoms with E-state index < -0.39 is 11.7 Å². The summed E-state index contributed by atoms with van der Waals surface area (Å²) in [5.74, 6) is -1.46. The molecule has 3 aromatic rings. The van der Waals surface area contributed by atoms with Crippen LogP contribution in [-0.2, 0) is 11.3 Å². The molecule has 0 aliphatic heterocycles. The van der Waals surface area contributed by atoms with E-state index in [1.54, 1.807) is 16.7 Å². The molecule has 1 aromatic heterocycles. The molecule has 25 heavy (non-hydrogen) atoms. The minimum atomic E-state index is -0.573. The lowest BCUT2D eigenvalue weighted by Crippen LogP contribution is -2.20. The van der Waals surface area contributed by atoms with Crippen LogP contribution in [0.2, 0.25) is 0 Å². The van der Waals surface area contributed by atoms with E-state index in [1.165, 1.54) is 35.6 Å². The van der Waals surface area contributed by atoms with Gasteiger partial charge in [0.05, 0.1) is 16.8 Å². The molecular weight excluding hydrogens is 346 g/mol. The summed E-state index contributed by atoms with van der Waals surface area (Å²) < 4.78 is 35.2. The Labute approximate surface area is 147 Å². The van der Waals surface area contributed by atoms with Gasteiger partial charge in [0.1, 0.15) is 11.6 Å². The maximum atomic E-state index is 14.3. The van der Waals surface area contributed by atoms with E-state index in [1.807, 2.05) is 6.92 Å². The van der Waals surface area contributed by atoms with Crippen molar-refractivity contribution in [2.45, 2.75) is 13.5 Å². The number of halogens is 2. The molecule has 4 nitrogen and oxygen atoms in total. The van der Waals surface area contributed by atoms with Crippen molar-refractivity contribution >= 4 is 27.5 Å². The van der Waals surface area contributed by atoms with Gasteiger partial charge in [-0.05, 0) is 37.3 Å². The Hall–Kier alpha value is -2.38. The quantitative estimate of drug-likeness (QED) is 0.649. The average Bonchev–Trinajstić information content (AvgIpc) is 2.94. The molecule has 0 saturated carbocycles. The summed E-state index contributed by atoms with van der Waals surface area (Å²) in [4.78, 5) is 16.8. The van der Waals surface area contributed by atoms with Crippen LogP contribution in [0.5, 0.6) is 0 Å². The average molecular weight is 362 g/mol. The minimum Gasteiger partial charge on any atom is -0.380 e. The zero-order valence-electron chi connectivity index (χ0n) is 13.5. The van der Waals surface area contributed by atoms with E-state index in [9.17, 15) is 13.6 Å². The molecule has 1 heterocycles. The van der Waals surface area contributed by atoms with Crippen molar-refractivity contribution in [3.05, 3.63) is 64.5 Å². The number of carbonyl (C=O) groups is 1. The third-order valence-electron chi connectivity index (χ3n) is 3.58. The van der Waals surface area contributed by atoms with Gasteiger partial charge in [0, 0.05) is 18.7 Å². The number of aromatic nitrogens is 1. The van der Waals surface area contributed by atoms with Gasteiger partial charge in [0.25, 0.3) is 5.91 Å². The molecule has 3 rings (SSSR count). The lowest BCUT2D eigenvalue weighted by molar-refractivity contribution is 0.0996. The maximum Gasteiger partial charge on any atom is 0.279 e. The van der Waals surface area contributed by atoms with Crippen LogP contribution in [0.25, 0.3) is 10.2 Å². The third-order valence-corrected chi connectivity index (χ3v) is 4.63. The van der Waals surface area contributed by atoms with Gasteiger partial charge in [0.15, 0.2) is 4.80 Å². The van der Waals surface area contributed by atoms with Crippen LogP contribution in [-0.4, -0.2) is 23.7 Å². The molecule has 0 fully saturated rings. The molecule has 0 spiro atoms. The van der Waals surface area contributed by atoms with Gasteiger partial charge in [-0.1, -0.05) is 23.5 Å². The summed E-state index contributed by atoms with van der Waals surface area (Å²) in [6, 6.07) is 10.1. The first-order chi connectivity index (χ1) is 12.1. The predicted molar refractivity (Wildman–Crippen MR) is 92.6 cm³/mol. The zero-order valence-corrected chi connectivity index (χ0v) is 14.4. The molecule has 130 valence electrons. The fraction of sp³-hybridized carbons (Fsp3) is 0.222. The van der Waals surface area contributed by atoms with E-state index in [2.05, 4.69) is 4.99 Å². The lowest BCUT2D eigenvalue weighted by Gasteiger charge is -2.06. The first-order valence-corrected chi connectivity index (χ1v) is 8.62. The highest BCUT2D eigenvalue weighted by molar-refractivity contribution is 7.16. The Morgan fingerprint density at radius 2 is 2.04 bits per heavy atom. The third kappa shape index (κ3) is 3.83. The molecule has 0 aliphatic rings. The van der Waals surface area contributed by atoms with Gasteiger partial charge in [-0.3, -0.25) is 4.79 Å². The highest BCUT2D eigenvalue weighted by Crippen LogP contribution is 2.20. The van der Waals surface area contributed by atoms with Crippen molar-refractivity contribution in [3.63, 3.8) is 0 Å². The number of rotatable bonds is 5. The molecule has 0 atom stereocenters. The smallest absolute Gasteiger partial charge is 0.279 e. The summed E-state index contributed by atoms with van der Waals surface area (Å²) in [6.45, 7) is 3.15. The van der Waals surface area contributed by atoms with E-state index in [0.29, 0.717) is 34.8 Å². The Morgan fingerprint density at radius 3 is 2.80 bits per heavy atom. The molecule has 0 radical (unpaired) electrons. The second kappa shape index (κ2) is 7.67. The van der Waals surface area contributed by atoms with Gasteiger partial charge in [0.2, 0.25) is 0 Å². The number of ether oxygens (including phenoxy) is 1. The topological polar surface area (TPSA) is 43.6 Å². The van der Waals surface area contributed by atoms with Crippen molar-refractivity contribution in [2.24, 2.45) is 4.99 Å². The molecule has 0 saturated heterocycles. The van der Waals surface area contributed by atoms with Crippen LogP contribution in [0.1, 0.15) is 17.3 Å². The van der Waals surface area contributed by atoms with Crippen molar-refractivity contribution in [3.8, 4) is 0 Å². The summed E-state index contributed by atoms with van der Waals surface area (Å²) in [5.41, 5.74) is 0.535. The number of para-hydroxylation sites is 1.